The van der Waals surface area contributed by atoms with Crippen LogP contribution in [0.5, 0.6) is 5.75 Å². The van der Waals surface area contributed by atoms with E-state index in [2.05, 4.69) is 13.8 Å². The summed E-state index contributed by atoms with van der Waals surface area (Å²) in [5.41, 5.74) is 1.29. The second-order valence-corrected chi connectivity index (χ2v) is 3.81. The maximum Gasteiger partial charge on any atom is 0.341 e. The highest BCUT2D eigenvalue weighted by Crippen LogP contribution is 2.25. The Morgan fingerprint density at radius 1 is 1.44 bits per heavy atom. The summed E-state index contributed by atoms with van der Waals surface area (Å²) in [5.74, 6) is -0.121. The zero-order valence-corrected chi connectivity index (χ0v) is 9.99. The Labute approximate surface area is 96.1 Å². The van der Waals surface area contributed by atoms with Gasteiger partial charge in [-0.3, -0.25) is 0 Å². The Hall–Kier alpha value is -1.51. The van der Waals surface area contributed by atoms with Gasteiger partial charge in [0.15, 0.2) is 0 Å². The molecule has 0 fully saturated rings. The first-order valence-corrected chi connectivity index (χ1v) is 5.60. The number of esters is 1. The van der Waals surface area contributed by atoms with Crippen molar-refractivity contribution in [2.45, 2.75) is 33.1 Å². The second kappa shape index (κ2) is 5.54. The number of rotatable bonds is 4. The van der Waals surface area contributed by atoms with E-state index in [-0.39, 0.29) is 11.3 Å². The van der Waals surface area contributed by atoms with Crippen LogP contribution in [0.15, 0.2) is 18.2 Å². The minimum absolute atomic E-state index is 0.0227. The summed E-state index contributed by atoms with van der Waals surface area (Å²) in [5, 5.41) is 9.59. The van der Waals surface area contributed by atoms with Crippen molar-refractivity contribution >= 4 is 5.97 Å². The number of ether oxygens (including phenoxy) is 1. The number of hydrogen-bond acceptors (Lipinski definition) is 3. The molecule has 0 aliphatic heterocycles. The van der Waals surface area contributed by atoms with Gasteiger partial charge in [-0.05, 0) is 37.0 Å². The number of carbonyl (C=O) groups excluding carboxylic acids is 1. The van der Waals surface area contributed by atoms with Gasteiger partial charge < -0.3 is 9.84 Å². The van der Waals surface area contributed by atoms with Gasteiger partial charge in [-0.25, -0.2) is 4.79 Å². The standard InChI is InChI=1S/C13H18O3/c1-4-9(3)10-6-7-12(14)11(8-10)13(15)16-5-2/h6-9,14H,4-5H2,1-3H3. The van der Waals surface area contributed by atoms with Gasteiger partial charge in [-0.1, -0.05) is 19.9 Å². The van der Waals surface area contributed by atoms with E-state index < -0.39 is 5.97 Å². The fourth-order valence-electron chi connectivity index (χ4n) is 1.47. The number of aromatic hydroxyl groups is 1. The van der Waals surface area contributed by atoms with Gasteiger partial charge in [0.05, 0.1) is 6.61 Å². The number of phenolic OH excluding ortho intramolecular Hbond substituents is 1. The minimum Gasteiger partial charge on any atom is -0.507 e. The van der Waals surface area contributed by atoms with Crippen molar-refractivity contribution in [1.29, 1.82) is 0 Å². The van der Waals surface area contributed by atoms with Gasteiger partial charge in [-0.2, -0.15) is 0 Å². The first-order valence-electron chi connectivity index (χ1n) is 5.60. The smallest absolute Gasteiger partial charge is 0.341 e. The molecule has 0 amide bonds. The van der Waals surface area contributed by atoms with Crippen molar-refractivity contribution in [2.75, 3.05) is 6.61 Å². The summed E-state index contributed by atoms with van der Waals surface area (Å²) in [6.45, 7) is 6.22. The lowest BCUT2D eigenvalue weighted by atomic mass is 9.96. The van der Waals surface area contributed by atoms with Crippen LogP contribution >= 0.6 is 0 Å². The molecule has 0 heterocycles. The minimum atomic E-state index is -0.467. The molecule has 0 aliphatic rings. The molecule has 0 aromatic heterocycles. The molecule has 0 aliphatic carbocycles. The molecule has 0 saturated heterocycles. The fraction of sp³-hybridized carbons (Fsp3) is 0.462. The van der Waals surface area contributed by atoms with E-state index in [4.69, 9.17) is 4.74 Å². The highest BCUT2D eigenvalue weighted by atomic mass is 16.5. The van der Waals surface area contributed by atoms with Gasteiger partial charge >= 0.3 is 5.97 Å². The van der Waals surface area contributed by atoms with Crippen molar-refractivity contribution in [3.63, 3.8) is 0 Å². The van der Waals surface area contributed by atoms with Gasteiger partial charge in [0, 0.05) is 0 Å². The highest BCUT2D eigenvalue weighted by Gasteiger charge is 2.14. The molecule has 1 aromatic carbocycles. The third-order valence-electron chi connectivity index (χ3n) is 2.70. The molecule has 3 heteroatoms. The Kier molecular flexibility index (Phi) is 4.35. The molecule has 1 aromatic rings. The van der Waals surface area contributed by atoms with E-state index in [0.717, 1.165) is 12.0 Å². The van der Waals surface area contributed by atoms with Crippen LogP contribution in [0, 0.1) is 0 Å². The number of benzene rings is 1. The van der Waals surface area contributed by atoms with Gasteiger partial charge in [-0.15, -0.1) is 0 Å². The molecule has 0 spiro atoms. The third-order valence-corrected chi connectivity index (χ3v) is 2.70. The van der Waals surface area contributed by atoms with Crippen molar-refractivity contribution in [3.8, 4) is 5.75 Å². The molecule has 1 unspecified atom stereocenters. The lowest BCUT2D eigenvalue weighted by Crippen LogP contribution is -2.06. The van der Waals surface area contributed by atoms with E-state index in [0.29, 0.717) is 12.5 Å². The predicted molar refractivity (Wildman–Crippen MR) is 62.8 cm³/mol. The van der Waals surface area contributed by atoms with Crippen molar-refractivity contribution < 1.29 is 14.6 Å². The number of hydrogen-bond donors (Lipinski definition) is 1. The van der Waals surface area contributed by atoms with E-state index in [1.165, 1.54) is 0 Å². The average Bonchev–Trinajstić information content (AvgIpc) is 2.29. The van der Waals surface area contributed by atoms with Crippen molar-refractivity contribution in [1.82, 2.24) is 0 Å². The van der Waals surface area contributed by atoms with E-state index in [1.54, 1.807) is 19.1 Å². The monoisotopic (exact) mass is 222 g/mol. The van der Waals surface area contributed by atoms with Crippen LogP contribution in [-0.2, 0) is 4.74 Å². The maximum atomic E-state index is 11.5. The summed E-state index contributed by atoms with van der Waals surface area (Å²) in [6.07, 6.45) is 0.993. The van der Waals surface area contributed by atoms with Crippen LogP contribution in [0.1, 0.15) is 49.0 Å². The molecule has 88 valence electrons. The molecule has 0 saturated carbocycles. The molecule has 0 bridgehead atoms. The van der Waals surface area contributed by atoms with Crippen LogP contribution in [0.3, 0.4) is 0 Å². The molecule has 16 heavy (non-hydrogen) atoms. The third kappa shape index (κ3) is 2.75. The first-order chi connectivity index (χ1) is 7.60. The lowest BCUT2D eigenvalue weighted by Gasteiger charge is -2.11. The molecular weight excluding hydrogens is 204 g/mol. The Morgan fingerprint density at radius 2 is 2.12 bits per heavy atom. The number of carbonyl (C=O) groups is 1. The predicted octanol–water partition coefficient (Wildman–Crippen LogP) is 3.08. The largest absolute Gasteiger partial charge is 0.507 e. The van der Waals surface area contributed by atoms with Crippen LogP contribution < -0.4 is 0 Å². The molecule has 1 N–H and O–H groups in total. The summed E-state index contributed by atoms with van der Waals surface area (Å²) in [4.78, 5) is 11.5. The maximum absolute atomic E-state index is 11.5. The normalized spacial score (nSPS) is 12.2. The topological polar surface area (TPSA) is 46.5 Å². The summed E-state index contributed by atoms with van der Waals surface area (Å²) in [6, 6.07) is 5.10. The number of phenols is 1. The van der Waals surface area contributed by atoms with Crippen LogP contribution in [-0.4, -0.2) is 17.7 Å². The zero-order chi connectivity index (χ0) is 12.1. The van der Waals surface area contributed by atoms with Crippen molar-refractivity contribution in [2.24, 2.45) is 0 Å². The zero-order valence-electron chi connectivity index (χ0n) is 9.99. The summed E-state index contributed by atoms with van der Waals surface area (Å²) >= 11 is 0. The van der Waals surface area contributed by atoms with Gasteiger partial charge in [0.1, 0.15) is 11.3 Å². The van der Waals surface area contributed by atoms with Gasteiger partial charge in [0.25, 0.3) is 0 Å². The highest BCUT2D eigenvalue weighted by molar-refractivity contribution is 5.92. The molecule has 0 radical (unpaired) electrons. The quantitative estimate of drug-likeness (QED) is 0.796. The Bertz CT molecular complexity index is 371. The summed E-state index contributed by atoms with van der Waals surface area (Å²) < 4.78 is 4.88. The first kappa shape index (κ1) is 12.6. The SMILES string of the molecule is CCOC(=O)c1cc(C(C)CC)ccc1O. The molecule has 1 atom stereocenters. The van der Waals surface area contributed by atoms with Crippen LogP contribution in [0.4, 0.5) is 0 Å². The Morgan fingerprint density at radius 3 is 2.69 bits per heavy atom. The van der Waals surface area contributed by atoms with Crippen LogP contribution in [0.25, 0.3) is 0 Å². The van der Waals surface area contributed by atoms with Gasteiger partial charge in [0.2, 0.25) is 0 Å². The van der Waals surface area contributed by atoms with E-state index in [9.17, 15) is 9.90 Å². The fourth-order valence-corrected chi connectivity index (χ4v) is 1.47. The molecule has 1 rings (SSSR count). The second-order valence-electron chi connectivity index (χ2n) is 3.81. The average molecular weight is 222 g/mol. The molecule has 3 nitrogen and oxygen atoms in total. The Balaban J connectivity index is 3.03. The van der Waals surface area contributed by atoms with E-state index in [1.807, 2.05) is 6.07 Å². The lowest BCUT2D eigenvalue weighted by molar-refractivity contribution is 0.0523. The van der Waals surface area contributed by atoms with Crippen LogP contribution in [0.2, 0.25) is 0 Å². The summed E-state index contributed by atoms with van der Waals surface area (Å²) in [7, 11) is 0. The van der Waals surface area contributed by atoms with E-state index >= 15 is 0 Å². The van der Waals surface area contributed by atoms with Crippen molar-refractivity contribution in [3.05, 3.63) is 29.3 Å². The molecular formula is C13H18O3.